The molecule has 1 amide bonds. The maximum atomic E-state index is 12.1. The minimum atomic E-state index is -4.68. The molecule has 2 rings (SSSR count). The average molecular weight is 367 g/mol. The summed E-state index contributed by atoms with van der Waals surface area (Å²) in [5.74, 6) is 0.0216. The van der Waals surface area contributed by atoms with Crippen molar-refractivity contribution in [2.75, 3.05) is 13.1 Å². The molecule has 4 nitrogen and oxygen atoms in total. The summed E-state index contributed by atoms with van der Waals surface area (Å²) in [4.78, 5) is 12.1. The molecule has 8 heteroatoms. The van der Waals surface area contributed by atoms with Crippen LogP contribution in [0.5, 0.6) is 5.75 Å². The Bertz CT molecular complexity index is 523. The van der Waals surface area contributed by atoms with E-state index in [1.54, 1.807) is 12.1 Å². The summed E-state index contributed by atoms with van der Waals surface area (Å²) in [6, 6.07) is 5.66. The van der Waals surface area contributed by atoms with Crippen molar-refractivity contribution in [1.29, 1.82) is 0 Å². The molecular formula is C16H22ClF3N2O2. The fourth-order valence-corrected chi connectivity index (χ4v) is 2.98. The zero-order valence-corrected chi connectivity index (χ0v) is 14.0. The summed E-state index contributed by atoms with van der Waals surface area (Å²) in [5.41, 5.74) is 6.50. The van der Waals surface area contributed by atoms with E-state index in [9.17, 15) is 18.0 Å². The fraction of sp³-hybridized carbons (Fsp3) is 0.562. The average Bonchev–Trinajstić information content (AvgIpc) is 2.96. The van der Waals surface area contributed by atoms with E-state index in [1.165, 1.54) is 12.1 Å². The van der Waals surface area contributed by atoms with Crippen molar-refractivity contribution in [3.8, 4) is 5.75 Å². The molecule has 0 heterocycles. The van der Waals surface area contributed by atoms with Gasteiger partial charge in [-0.25, -0.2) is 0 Å². The third kappa shape index (κ3) is 6.20. The van der Waals surface area contributed by atoms with Crippen molar-refractivity contribution < 1.29 is 22.7 Å². The van der Waals surface area contributed by atoms with Crippen LogP contribution in [0.25, 0.3) is 0 Å². The van der Waals surface area contributed by atoms with Crippen LogP contribution in [0.15, 0.2) is 24.3 Å². The third-order valence-electron chi connectivity index (χ3n) is 4.17. The molecule has 24 heavy (non-hydrogen) atoms. The number of hydrogen-bond acceptors (Lipinski definition) is 3. The molecule has 1 aliphatic rings. The van der Waals surface area contributed by atoms with Gasteiger partial charge in [0.15, 0.2) is 0 Å². The Morgan fingerprint density at radius 1 is 1.25 bits per heavy atom. The first-order valence-corrected chi connectivity index (χ1v) is 7.71. The highest BCUT2D eigenvalue weighted by Crippen LogP contribution is 2.30. The van der Waals surface area contributed by atoms with Gasteiger partial charge in [-0.2, -0.15) is 0 Å². The number of rotatable bonds is 6. The van der Waals surface area contributed by atoms with E-state index in [1.807, 2.05) is 0 Å². The van der Waals surface area contributed by atoms with Gasteiger partial charge in [-0.1, -0.05) is 18.6 Å². The summed E-state index contributed by atoms with van der Waals surface area (Å²) >= 11 is 0. The molecule has 1 fully saturated rings. The van der Waals surface area contributed by atoms with Gasteiger partial charge in [-0.15, -0.1) is 25.6 Å². The van der Waals surface area contributed by atoms with Crippen LogP contribution in [0, 0.1) is 11.8 Å². The molecule has 136 valence electrons. The van der Waals surface area contributed by atoms with Gasteiger partial charge in [0.1, 0.15) is 5.75 Å². The first-order chi connectivity index (χ1) is 10.9. The van der Waals surface area contributed by atoms with Crippen LogP contribution < -0.4 is 15.8 Å². The molecule has 1 aliphatic carbocycles. The zero-order chi connectivity index (χ0) is 16.9. The number of halogens is 4. The highest BCUT2D eigenvalue weighted by Gasteiger charge is 2.32. The quantitative estimate of drug-likeness (QED) is 0.813. The van der Waals surface area contributed by atoms with E-state index in [0.717, 1.165) is 24.8 Å². The lowest BCUT2D eigenvalue weighted by Crippen LogP contribution is -2.36. The zero-order valence-electron chi connectivity index (χ0n) is 13.1. The van der Waals surface area contributed by atoms with Crippen molar-refractivity contribution in [2.24, 2.45) is 17.6 Å². The lowest BCUT2D eigenvalue weighted by molar-refractivity contribution is -0.274. The molecule has 1 aromatic rings. The topological polar surface area (TPSA) is 64.4 Å². The van der Waals surface area contributed by atoms with Crippen LogP contribution in [0.2, 0.25) is 0 Å². The predicted molar refractivity (Wildman–Crippen MR) is 87.0 cm³/mol. The van der Waals surface area contributed by atoms with E-state index in [2.05, 4.69) is 10.1 Å². The Balaban J connectivity index is 0.00000288. The van der Waals surface area contributed by atoms with E-state index in [-0.39, 0.29) is 35.9 Å². The first kappa shape index (κ1) is 20.6. The first-order valence-electron chi connectivity index (χ1n) is 7.71. The molecule has 3 N–H and O–H groups in total. The summed E-state index contributed by atoms with van der Waals surface area (Å²) in [6.45, 7) is 0.977. The second kappa shape index (κ2) is 9.13. The molecule has 0 aromatic heterocycles. The normalized spacial score (nSPS) is 20.3. The third-order valence-corrected chi connectivity index (χ3v) is 4.17. The second-order valence-corrected chi connectivity index (χ2v) is 5.77. The van der Waals surface area contributed by atoms with Gasteiger partial charge in [0.05, 0.1) is 0 Å². The number of amides is 1. The number of carbonyl (C=O) groups is 1. The number of hydrogen-bond donors (Lipinski definition) is 2. The van der Waals surface area contributed by atoms with Gasteiger partial charge in [-0.05, 0) is 49.4 Å². The van der Waals surface area contributed by atoms with Crippen molar-refractivity contribution in [3.63, 3.8) is 0 Å². The Morgan fingerprint density at radius 2 is 1.92 bits per heavy atom. The van der Waals surface area contributed by atoms with E-state index in [4.69, 9.17) is 5.73 Å². The van der Waals surface area contributed by atoms with Gasteiger partial charge in [0.2, 0.25) is 5.91 Å². The van der Waals surface area contributed by atoms with E-state index >= 15 is 0 Å². The van der Waals surface area contributed by atoms with Gasteiger partial charge in [0.25, 0.3) is 0 Å². The molecule has 0 unspecified atom stereocenters. The Morgan fingerprint density at radius 3 is 2.50 bits per heavy atom. The Hall–Kier alpha value is -1.47. The molecule has 0 radical (unpaired) electrons. The van der Waals surface area contributed by atoms with Crippen LogP contribution in [0.3, 0.4) is 0 Å². The predicted octanol–water partition coefficient (Wildman–Crippen LogP) is 3.04. The van der Waals surface area contributed by atoms with Gasteiger partial charge in [-0.3, -0.25) is 4.79 Å². The molecular weight excluding hydrogens is 345 g/mol. The molecule has 0 bridgehead atoms. The van der Waals surface area contributed by atoms with E-state index < -0.39 is 6.36 Å². The number of carbonyl (C=O) groups excluding carboxylic acids is 1. The van der Waals surface area contributed by atoms with Crippen LogP contribution in [0.1, 0.15) is 24.8 Å². The monoisotopic (exact) mass is 366 g/mol. The number of nitrogens with two attached hydrogens (primary N) is 1. The lowest BCUT2D eigenvalue weighted by Gasteiger charge is -2.17. The highest BCUT2D eigenvalue weighted by molar-refractivity contribution is 5.85. The molecule has 1 saturated carbocycles. The highest BCUT2D eigenvalue weighted by atomic mass is 35.5. The molecule has 2 atom stereocenters. The minimum absolute atomic E-state index is 0. The van der Waals surface area contributed by atoms with Crippen LogP contribution in [0.4, 0.5) is 13.2 Å². The van der Waals surface area contributed by atoms with Crippen LogP contribution in [-0.4, -0.2) is 25.4 Å². The van der Waals surface area contributed by atoms with Crippen LogP contribution in [-0.2, 0) is 11.2 Å². The summed E-state index contributed by atoms with van der Waals surface area (Å²) in [5, 5.41) is 2.88. The molecule has 0 saturated heterocycles. The number of alkyl halides is 3. The van der Waals surface area contributed by atoms with Gasteiger partial charge in [0, 0.05) is 12.5 Å². The van der Waals surface area contributed by atoms with Crippen molar-refractivity contribution >= 4 is 18.3 Å². The van der Waals surface area contributed by atoms with Crippen LogP contribution >= 0.6 is 12.4 Å². The molecule has 0 spiro atoms. The Labute approximate surface area is 145 Å². The van der Waals surface area contributed by atoms with Crippen molar-refractivity contribution in [3.05, 3.63) is 29.8 Å². The second-order valence-electron chi connectivity index (χ2n) is 5.77. The smallest absolute Gasteiger partial charge is 0.406 e. The van der Waals surface area contributed by atoms with Crippen molar-refractivity contribution in [2.45, 2.75) is 32.0 Å². The summed E-state index contributed by atoms with van der Waals surface area (Å²) in [6.07, 6.45) is -1.23. The number of benzene rings is 1. The van der Waals surface area contributed by atoms with E-state index in [0.29, 0.717) is 19.5 Å². The maximum absolute atomic E-state index is 12.1. The SMILES string of the molecule is Cl.NC[C@H]1CCC[C@H]1C(=O)NCCc1ccc(OC(F)(F)F)cc1. The maximum Gasteiger partial charge on any atom is 0.573 e. The minimum Gasteiger partial charge on any atom is -0.406 e. The molecule has 1 aromatic carbocycles. The standard InChI is InChI=1S/C16H21F3N2O2.ClH/c17-16(18,19)23-13-6-4-11(5-7-13)8-9-21-15(22)14-3-1-2-12(14)10-20;/h4-7,12,14H,1-3,8-10,20H2,(H,21,22);1H/t12-,14-;/m1./s1. The number of nitrogens with one attached hydrogen (secondary N) is 1. The number of ether oxygens (including phenoxy) is 1. The molecule has 0 aliphatic heterocycles. The van der Waals surface area contributed by atoms with Gasteiger partial charge >= 0.3 is 6.36 Å². The Kier molecular flexibility index (Phi) is 7.83. The van der Waals surface area contributed by atoms with Crippen molar-refractivity contribution in [1.82, 2.24) is 5.32 Å². The largest absolute Gasteiger partial charge is 0.573 e. The fourth-order valence-electron chi connectivity index (χ4n) is 2.98. The van der Waals surface area contributed by atoms with Gasteiger partial charge < -0.3 is 15.8 Å². The summed E-state index contributed by atoms with van der Waals surface area (Å²) < 4.78 is 40.0. The summed E-state index contributed by atoms with van der Waals surface area (Å²) in [7, 11) is 0. The lowest BCUT2D eigenvalue weighted by atomic mass is 9.95.